The number of aliphatic carboxylic acids is 1. The van der Waals surface area contributed by atoms with Crippen molar-refractivity contribution in [2.45, 2.75) is 117 Å². The maximum atomic E-state index is 12.1. The maximum absolute atomic E-state index is 12.1. The fraction of sp³-hybridized carbons (Fsp3) is 0.958. The molecule has 5 nitrogen and oxygen atoms in total. The van der Waals surface area contributed by atoms with E-state index in [0.29, 0.717) is 18.3 Å². The number of carboxylic acid groups (broad SMARTS) is 1. The Hall–Kier alpha value is -0.650. The standard InChI is InChI=1S/C24H42O5/c1-16-8-9-19-21(3,4)11-7-12-24(19,27)23(16,6)15-14-22(5)13-10-18(28-29-22)17(2)20(25)26/h16-19,27H,7-15H2,1-6H3,(H,25,26). The fourth-order valence-electron chi connectivity index (χ4n) is 6.64. The van der Waals surface area contributed by atoms with Gasteiger partial charge in [0.15, 0.2) is 0 Å². The van der Waals surface area contributed by atoms with Crippen molar-refractivity contribution in [1.82, 2.24) is 0 Å². The van der Waals surface area contributed by atoms with Crippen LogP contribution in [0.2, 0.25) is 0 Å². The zero-order chi connectivity index (χ0) is 21.7. The third-order valence-electron chi connectivity index (χ3n) is 9.31. The van der Waals surface area contributed by atoms with Crippen LogP contribution in [0.4, 0.5) is 0 Å². The quantitative estimate of drug-likeness (QED) is 0.598. The molecule has 2 saturated carbocycles. The van der Waals surface area contributed by atoms with Gasteiger partial charge < -0.3 is 10.2 Å². The molecule has 0 radical (unpaired) electrons. The lowest BCUT2D eigenvalue weighted by molar-refractivity contribution is -0.412. The summed E-state index contributed by atoms with van der Waals surface area (Å²) in [5.41, 5.74) is -1.02. The molecule has 5 heteroatoms. The second-order valence-corrected chi connectivity index (χ2v) is 11.5. The van der Waals surface area contributed by atoms with Gasteiger partial charge in [0.05, 0.1) is 11.5 Å². The first-order valence-corrected chi connectivity index (χ1v) is 11.6. The molecule has 1 aliphatic heterocycles. The maximum Gasteiger partial charge on any atom is 0.308 e. The smallest absolute Gasteiger partial charge is 0.308 e. The van der Waals surface area contributed by atoms with Crippen LogP contribution in [-0.4, -0.2) is 33.5 Å². The molecule has 0 amide bonds. The minimum Gasteiger partial charge on any atom is -0.481 e. The van der Waals surface area contributed by atoms with Gasteiger partial charge in [-0.3, -0.25) is 4.79 Å². The molecule has 3 fully saturated rings. The van der Waals surface area contributed by atoms with Crippen molar-refractivity contribution in [2.24, 2.45) is 28.6 Å². The second-order valence-electron chi connectivity index (χ2n) is 11.5. The summed E-state index contributed by atoms with van der Waals surface area (Å²) in [6.07, 6.45) is 8.27. The van der Waals surface area contributed by atoms with Gasteiger partial charge in [-0.2, -0.15) is 0 Å². The zero-order valence-electron chi connectivity index (χ0n) is 19.3. The molecular formula is C24H42O5. The highest BCUT2D eigenvalue weighted by molar-refractivity contribution is 5.70. The normalized spacial score (nSPS) is 46.0. The Morgan fingerprint density at radius 1 is 1.07 bits per heavy atom. The molecule has 0 aromatic carbocycles. The summed E-state index contributed by atoms with van der Waals surface area (Å²) in [6, 6.07) is 0. The zero-order valence-corrected chi connectivity index (χ0v) is 19.3. The molecule has 0 aromatic rings. The molecule has 3 rings (SSSR count). The molecule has 2 aliphatic carbocycles. The summed E-state index contributed by atoms with van der Waals surface area (Å²) in [7, 11) is 0. The Morgan fingerprint density at radius 3 is 2.34 bits per heavy atom. The Morgan fingerprint density at radius 2 is 1.76 bits per heavy atom. The molecule has 29 heavy (non-hydrogen) atoms. The van der Waals surface area contributed by atoms with Crippen molar-refractivity contribution >= 4 is 5.97 Å². The van der Waals surface area contributed by atoms with Crippen LogP contribution >= 0.6 is 0 Å². The van der Waals surface area contributed by atoms with E-state index < -0.39 is 29.2 Å². The van der Waals surface area contributed by atoms with E-state index in [-0.39, 0.29) is 10.8 Å². The van der Waals surface area contributed by atoms with E-state index in [0.717, 1.165) is 38.5 Å². The minimum atomic E-state index is -0.848. The molecule has 2 N–H and O–H groups in total. The summed E-state index contributed by atoms with van der Waals surface area (Å²) >= 11 is 0. The van der Waals surface area contributed by atoms with Crippen LogP contribution in [0.1, 0.15) is 99.3 Å². The van der Waals surface area contributed by atoms with Crippen LogP contribution in [0.5, 0.6) is 0 Å². The van der Waals surface area contributed by atoms with Crippen molar-refractivity contribution in [3.63, 3.8) is 0 Å². The average Bonchev–Trinajstić information content (AvgIpc) is 2.64. The Labute approximate surface area is 176 Å². The van der Waals surface area contributed by atoms with Gasteiger partial charge in [0.1, 0.15) is 11.7 Å². The largest absolute Gasteiger partial charge is 0.481 e. The molecular weight excluding hydrogens is 368 g/mol. The summed E-state index contributed by atoms with van der Waals surface area (Å²) in [5.74, 6) is -0.604. The molecule has 0 bridgehead atoms. The van der Waals surface area contributed by atoms with Crippen LogP contribution in [0, 0.1) is 28.6 Å². The topological polar surface area (TPSA) is 76.0 Å². The van der Waals surface area contributed by atoms with E-state index in [4.69, 9.17) is 9.78 Å². The Balaban J connectivity index is 1.71. The van der Waals surface area contributed by atoms with Crippen molar-refractivity contribution in [3.8, 4) is 0 Å². The van der Waals surface area contributed by atoms with Gasteiger partial charge in [0.25, 0.3) is 0 Å². The highest BCUT2D eigenvalue weighted by atomic mass is 17.2. The summed E-state index contributed by atoms with van der Waals surface area (Å²) in [4.78, 5) is 22.6. The van der Waals surface area contributed by atoms with Gasteiger partial charge in [-0.05, 0) is 87.9 Å². The predicted molar refractivity (Wildman–Crippen MR) is 112 cm³/mol. The van der Waals surface area contributed by atoms with E-state index in [1.807, 2.05) is 0 Å². The van der Waals surface area contributed by atoms with Gasteiger partial charge >= 0.3 is 5.97 Å². The predicted octanol–water partition coefficient (Wildman–Crippen LogP) is 5.35. The second kappa shape index (κ2) is 7.80. The van der Waals surface area contributed by atoms with Gasteiger partial charge in [-0.15, -0.1) is 0 Å². The molecule has 7 atom stereocenters. The highest BCUT2D eigenvalue weighted by Gasteiger charge is 2.61. The fourth-order valence-corrected chi connectivity index (χ4v) is 6.64. The van der Waals surface area contributed by atoms with Gasteiger partial charge in [0.2, 0.25) is 0 Å². The SMILES string of the molecule is CC(C(=O)O)C1CCC(C)(CCC2(C)C(C)CCC3C(C)(C)CCCC32O)OO1. The number of rotatable bonds is 5. The molecule has 1 saturated heterocycles. The van der Waals surface area contributed by atoms with Gasteiger partial charge in [0, 0.05) is 0 Å². The summed E-state index contributed by atoms with van der Waals surface area (Å²) in [5, 5.41) is 21.3. The molecule has 3 aliphatic rings. The Kier molecular flexibility index (Phi) is 6.19. The van der Waals surface area contributed by atoms with E-state index >= 15 is 0 Å². The first-order valence-electron chi connectivity index (χ1n) is 11.6. The molecule has 7 unspecified atom stereocenters. The number of carbonyl (C=O) groups is 1. The third-order valence-corrected chi connectivity index (χ3v) is 9.31. The van der Waals surface area contributed by atoms with E-state index in [1.165, 1.54) is 12.8 Å². The highest BCUT2D eigenvalue weighted by Crippen LogP contribution is 2.63. The third kappa shape index (κ3) is 3.99. The van der Waals surface area contributed by atoms with Crippen molar-refractivity contribution in [3.05, 3.63) is 0 Å². The van der Waals surface area contributed by atoms with E-state index in [2.05, 4.69) is 34.6 Å². The van der Waals surface area contributed by atoms with Crippen LogP contribution in [0.3, 0.4) is 0 Å². The molecule has 168 valence electrons. The summed E-state index contributed by atoms with van der Waals surface area (Å²) in [6.45, 7) is 13.0. The van der Waals surface area contributed by atoms with Crippen molar-refractivity contribution in [1.29, 1.82) is 0 Å². The van der Waals surface area contributed by atoms with Crippen LogP contribution in [0.15, 0.2) is 0 Å². The minimum absolute atomic E-state index is 0.148. The number of aliphatic hydroxyl groups is 1. The monoisotopic (exact) mass is 410 g/mol. The van der Waals surface area contributed by atoms with Gasteiger partial charge in [-0.25, -0.2) is 9.78 Å². The summed E-state index contributed by atoms with van der Waals surface area (Å²) < 4.78 is 0. The van der Waals surface area contributed by atoms with Crippen molar-refractivity contribution in [2.75, 3.05) is 0 Å². The lowest BCUT2D eigenvalue weighted by atomic mass is 9.45. The number of carboxylic acids is 1. The molecule has 1 heterocycles. The average molecular weight is 411 g/mol. The van der Waals surface area contributed by atoms with Gasteiger partial charge in [-0.1, -0.05) is 34.1 Å². The van der Waals surface area contributed by atoms with Crippen LogP contribution in [0.25, 0.3) is 0 Å². The van der Waals surface area contributed by atoms with E-state index in [9.17, 15) is 15.0 Å². The number of fused-ring (bicyclic) bond motifs is 1. The first-order chi connectivity index (χ1) is 13.3. The lowest BCUT2D eigenvalue weighted by Gasteiger charge is -2.63. The van der Waals surface area contributed by atoms with E-state index in [1.54, 1.807) is 6.92 Å². The Bertz CT molecular complexity index is 608. The van der Waals surface area contributed by atoms with Crippen LogP contribution in [-0.2, 0) is 14.6 Å². The number of hydrogen-bond donors (Lipinski definition) is 2. The van der Waals surface area contributed by atoms with Crippen LogP contribution < -0.4 is 0 Å². The molecule has 0 spiro atoms. The van der Waals surface area contributed by atoms with Crippen molar-refractivity contribution < 1.29 is 24.8 Å². The lowest BCUT2D eigenvalue weighted by Crippen LogP contribution is -2.63. The first kappa shape index (κ1) is 23.0. The molecule has 0 aromatic heterocycles. The number of hydrogen-bond acceptors (Lipinski definition) is 4.